The number of aliphatic hydroxyl groups excluding tert-OH is 1. The summed E-state index contributed by atoms with van der Waals surface area (Å²) in [7, 11) is 0. The SMILES string of the molecule is CC(=O)OCCOC(=O)OCCO. The van der Waals surface area contributed by atoms with Crippen LogP contribution in [-0.2, 0) is 19.0 Å². The molecule has 0 atom stereocenters. The minimum Gasteiger partial charge on any atom is -0.462 e. The van der Waals surface area contributed by atoms with E-state index in [9.17, 15) is 9.59 Å². The first-order valence-electron chi connectivity index (χ1n) is 3.70. The summed E-state index contributed by atoms with van der Waals surface area (Å²) in [4.78, 5) is 20.8. The number of rotatable bonds is 5. The Hall–Kier alpha value is -1.30. The molecule has 0 spiro atoms. The molecule has 0 fully saturated rings. The van der Waals surface area contributed by atoms with Crippen molar-refractivity contribution in [2.45, 2.75) is 6.92 Å². The third kappa shape index (κ3) is 8.61. The molecule has 0 heterocycles. The number of ether oxygens (including phenoxy) is 3. The normalized spacial score (nSPS) is 9.08. The minimum absolute atomic E-state index is 0.00353. The highest BCUT2D eigenvalue weighted by atomic mass is 16.7. The molecule has 6 nitrogen and oxygen atoms in total. The fraction of sp³-hybridized carbons (Fsp3) is 0.714. The highest BCUT2D eigenvalue weighted by Crippen LogP contribution is 1.85. The van der Waals surface area contributed by atoms with Crippen LogP contribution >= 0.6 is 0 Å². The van der Waals surface area contributed by atoms with Crippen LogP contribution in [0.5, 0.6) is 0 Å². The van der Waals surface area contributed by atoms with Crippen molar-refractivity contribution in [3.63, 3.8) is 0 Å². The molecule has 76 valence electrons. The zero-order valence-corrected chi connectivity index (χ0v) is 7.32. The Morgan fingerprint density at radius 2 is 1.62 bits per heavy atom. The number of carbonyl (C=O) groups is 2. The smallest absolute Gasteiger partial charge is 0.462 e. The van der Waals surface area contributed by atoms with E-state index in [0.717, 1.165) is 0 Å². The number of aliphatic hydroxyl groups is 1. The fourth-order valence-corrected chi connectivity index (χ4v) is 0.481. The molecule has 0 saturated carbocycles. The van der Waals surface area contributed by atoms with Crippen molar-refractivity contribution in [1.29, 1.82) is 0 Å². The summed E-state index contributed by atoms with van der Waals surface area (Å²) in [5, 5.41) is 8.26. The summed E-state index contributed by atoms with van der Waals surface area (Å²) in [6, 6.07) is 0. The summed E-state index contributed by atoms with van der Waals surface area (Å²) >= 11 is 0. The Kier molecular flexibility index (Phi) is 6.62. The van der Waals surface area contributed by atoms with Crippen LogP contribution in [0.25, 0.3) is 0 Å². The van der Waals surface area contributed by atoms with E-state index in [-0.39, 0.29) is 26.4 Å². The van der Waals surface area contributed by atoms with E-state index in [0.29, 0.717) is 0 Å². The zero-order chi connectivity index (χ0) is 10.1. The third-order valence-corrected chi connectivity index (χ3v) is 0.920. The van der Waals surface area contributed by atoms with Crippen LogP contribution < -0.4 is 0 Å². The number of hydrogen-bond acceptors (Lipinski definition) is 6. The number of carbonyl (C=O) groups excluding carboxylic acids is 2. The third-order valence-electron chi connectivity index (χ3n) is 0.920. The number of hydrogen-bond donors (Lipinski definition) is 1. The predicted octanol–water partition coefficient (Wildman–Crippen LogP) is -0.305. The van der Waals surface area contributed by atoms with Gasteiger partial charge in [-0.2, -0.15) is 0 Å². The maximum Gasteiger partial charge on any atom is 0.508 e. The Morgan fingerprint density at radius 1 is 1.08 bits per heavy atom. The van der Waals surface area contributed by atoms with Crippen molar-refractivity contribution in [3.05, 3.63) is 0 Å². The molecule has 0 aliphatic heterocycles. The van der Waals surface area contributed by atoms with Crippen molar-refractivity contribution < 1.29 is 28.9 Å². The van der Waals surface area contributed by atoms with Gasteiger partial charge in [-0.25, -0.2) is 4.79 Å². The van der Waals surface area contributed by atoms with Gasteiger partial charge in [0.1, 0.15) is 19.8 Å². The van der Waals surface area contributed by atoms with Crippen LogP contribution in [0, 0.1) is 0 Å². The van der Waals surface area contributed by atoms with E-state index < -0.39 is 12.1 Å². The Labute approximate surface area is 75.4 Å². The molecule has 0 rings (SSSR count). The lowest BCUT2D eigenvalue weighted by atomic mass is 10.7. The van der Waals surface area contributed by atoms with Gasteiger partial charge >= 0.3 is 12.1 Å². The van der Waals surface area contributed by atoms with Crippen LogP contribution in [0.1, 0.15) is 6.92 Å². The molecule has 0 saturated heterocycles. The van der Waals surface area contributed by atoms with Gasteiger partial charge in [0.2, 0.25) is 0 Å². The van der Waals surface area contributed by atoms with Crippen molar-refractivity contribution in [2.24, 2.45) is 0 Å². The average Bonchev–Trinajstić information content (AvgIpc) is 2.08. The van der Waals surface area contributed by atoms with E-state index in [1.54, 1.807) is 0 Å². The van der Waals surface area contributed by atoms with E-state index >= 15 is 0 Å². The molecule has 0 aromatic carbocycles. The summed E-state index contributed by atoms with van der Waals surface area (Å²) in [6.45, 7) is 0.850. The van der Waals surface area contributed by atoms with Gasteiger partial charge in [0, 0.05) is 6.92 Å². The quantitative estimate of drug-likeness (QED) is 0.475. The lowest BCUT2D eigenvalue weighted by molar-refractivity contribution is -0.142. The number of esters is 1. The summed E-state index contributed by atoms with van der Waals surface area (Å²) < 4.78 is 13.3. The summed E-state index contributed by atoms with van der Waals surface area (Å²) in [5.74, 6) is -0.438. The second-order valence-corrected chi connectivity index (χ2v) is 2.01. The van der Waals surface area contributed by atoms with Gasteiger partial charge in [0.25, 0.3) is 0 Å². The molecule has 0 aliphatic rings. The van der Waals surface area contributed by atoms with E-state index in [1.807, 2.05) is 0 Å². The molecule has 13 heavy (non-hydrogen) atoms. The molecular formula is C7H12O6. The first kappa shape index (κ1) is 11.7. The molecule has 0 aromatic heterocycles. The van der Waals surface area contributed by atoms with Crippen molar-refractivity contribution >= 4 is 12.1 Å². The maximum absolute atomic E-state index is 10.6. The van der Waals surface area contributed by atoms with Gasteiger partial charge in [-0.1, -0.05) is 0 Å². The van der Waals surface area contributed by atoms with Crippen molar-refractivity contribution in [1.82, 2.24) is 0 Å². The second kappa shape index (κ2) is 7.35. The summed E-state index contributed by atoms with van der Waals surface area (Å²) in [6.07, 6.45) is -0.888. The van der Waals surface area contributed by atoms with Crippen LogP contribution in [0.15, 0.2) is 0 Å². The molecule has 0 aliphatic carbocycles. The van der Waals surface area contributed by atoms with Crippen molar-refractivity contribution in [2.75, 3.05) is 26.4 Å². The predicted molar refractivity (Wildman–Crippen MR) is 41.0 cm³/mol. The fourth-order valence-electron chi connectivity index (χ4n) is 0.481. The van der Waals surface area contributed by atoms with Gasteiger partial charge in [-0.3, -0.25) is 4.79 Å². The van der Waals surface area contributed by atoms with Gasteiger partial charge in [0.15, 0.2) is 0 Å². The first-order chi connectivity index (χ1) is 6.16. The minimum atomic E-state index is -0.888. The second-order valence-electron chi connectivity index (χ2n) is 2.01. The molecule has 0 amide bonds. The first-order valence-corrected chi connectivity index (χ1v) is 3.70. The van der Waals surface area contributed by atoms with E-state index in [2.05, 4.69) is 14.2 Å². The van der Waals surface area contributed by atoms with Gasteiger partial charge < -0.3 is 19.3 Å². The molecule has 0 unspecified atom stereocenters. The van der Waals surface area contributed by atoms with Crippen molar-refractivity contribution in [3.8, 4) is 0 Å². The van der Waals surface area contributed by atoms with Gasteiger partial charge in [-0.05, 0) is 0 Å². The zero-order valence-electron chi connectivity index (χ0n) is 7.32. The summed E-state index contributed by atoms with van der Waals surface area (Å²) in [5.41, 5.74) is 0. The van der Waals surface area contributed by atoms with Crippen LogP contribution in [0.4, 0.5) is 4.79 Å². The highest BCUT2D eigenvalue weighted by molar-refractivity contribution is 5.65. The standard InChI is InChI=1S/C7H12O6/c1-6(9)11-4-5-13-7(10)12-3-2-8/h8H,2-5H2,1H3. The average molecular weight is 192 g/mol. The molecule has 1 N–H and O–H groups in total. The molecule has 0 radical (unpaired) electrons. The maximum atomic E-state index is 10.6. The highest BCUT2D eigenvalue weighted by Gasteiger charge is 2.02. The topological polar surface area (TPSA) is 82.1 Å². The Bertz CT molecular complexity index is 166. The largest absolute Gasteiger partial charge is 0.508 e. The van der Waals surface area contributed by atoms with Crippen LogP contribution in [0.2, 0.25) is 0 Å². The monoisotopic (exact) mass is 192 g/mol. The molecule has 6 heteroatoms. The lowest BCUT2D eigenvalue weighted by Gasteiger charge is -2.04. The molecule has 0 aromatic rings. The molecular weight excluding hydrogens is 180 g/mol. The lowest BCUT2D eigenvalue weighted by Crippen LogP contribution is -2.14. The Morgan fingerprint density at radius 3 is 2.15 bits per heavy atom. The van der Waals surface area contributed by atoms with Crippen LogP contribution in [-0.4, -0.2) is 43.7 Å². The van der Waals surface area contributed by atoms with Gasteiger partial charge in [-0.15, -0.1) is 0 Å². The molecule has 0 bridgehead atoms. The van der Waals surface area contributed by atoms with E-state index in [4.69, 9.17) is 5.11 Å². The van der Waals surface area contributed by atoms with Gasteiger partial charge in [0.05, 0.1) is 6.61 Å². The van der Waals surface area contributed by atoms with E-state index in [1.165, 1.54) is 6.92 Å². The van der Waals surface area contributed by atoms with Crippen LogP contribution in [0.3, 0.4) is 0 Å². The Balaban J connectivity index is 3.22.